The zero-order chi connectivity index (χ0) is 23.0. The zero-order valence-electron chi connectivity index (χ0n) is 14.8. The van der Waals surface area contributed by atoms with E-state index in [1.54, 1.807) is 0 Å². The van der Waals surface area contributed by atoms with Gasteiger partial charge in [-0.15, -0.1) is 11.3 Å². The minimum atomic E-state index is -5.23. The smallest absolute Gasteiger partial charge is 0.420 e. The molecule has 0 aliphatic carbocycles. The summed E-state index contributed by atoms with van der Waals surface area (Å²) in [7, 11) is -4.25. The lowest BCUT2D eigenvalue weighted by Crippen LogP contribution is -2.13. The predicted molar refractivity (Wildman–Crippen MR) is 95.8 cm³/mol. The molecule has 1 heterocycles. The fraction of sp³-hybridized carbons (Fsp3) is 0.118. The van der Waals surface area contributed by atoms with E-state index >= 15 is 0 Å². The summed E-state index contributed by atoms with van der Waals surface area (Å²) in [5.41, 5.74) is -3.34. The Morgan fingerprint density at radius 3 is 2.16 bits per heavy atom. The van der Waals surface area contributed by atoms with Crippen LogP contribution in [0.3, 0.4) is 0 Å². The summed E-state index contributed by atoms with van der Waals surface area (Å²) in [6.07, 6.45) is -8.94. The topological polar surface area (TPSA) is 68.3 Å². The van der Waals surface area contributed by atoms with Crippen molar-refractivity contribution in [2.45, 2.75) is 17.2 Å². The molecule has 0 radical (unpaired) electrons. The summed E-state index contributed by atoms with van der Waals surface area (Å²) in [6.45, 7) is 0. The molecule has 166 valence electrons. The third kappa shape index (κ3) is 5.25. The summed E-state index contributed by atoms with van der Waals surface area (Å²) >= 11 is 0.954. The Balaban J connectivity index is 1.93. The maximum atomic E-state index is 14.4. The molecule has 0 amide bonds. The van der Waals surface area contributed by atoms with Gasteiger partial charge in [0.1, 0.15) is 5.75 Å². The van der Waals surface area contributed by atoms with Crippen LogP contribution in [0.25, 0.3) is 0 Å². The molecule has 1 N–H and O–H groups in total. The molecule has 0 atom stereocenters. The van der Waals surface area contributed by atoms with E-state index < -0.39 is 55.7 Å². The van der Waals surface area contributed by atoms with Gasteiger partial charge in [0.2, 0.25) is 0 Å². The largest absolute Gasteiger partial charge is 0.454 e. The van der Waals surface area contributed by atoms with E-state index in [2.05, 4.69) is 9.71 Å². The Bertz CT molecular complexity index is 1190. The zero-order valence-corrected chi connectivity index (χ0v) is 16.4. The van der Waals surface area contributed by atoms with Crippen LogP contribution >= 0.6 is 11.3 Å². The van der Waals surface area contributed by atoms with E-state index in [1.807, 2.05) is 0 Å². The van der Waals surface area contributed by atoms with Gasteiger partial charge >= 0.3 is 12.4 Å². The van der Waals surface area contributed by atoms with Crippen LogP contribution in [0.1, 0.15) is 11.1 Å². The highest BCUT2D eigenvalue weighted by Gasteiger charge is 2.39. The number of rotatable bonds is 5. The van der Waals surface area contributed by atoms with Gasteiger partial charge in [0.15, 0.2) is 16.7 Å². The second kappa shape index (κ2) is 8.00. The first kappa shape index (κ1) is 22.8. The molecule has 0 aliphatic rings. The lowest BCUT2D eigenvalue weighted by atomic mass is 10.1. The molecular weight excluding hydrogens is 477 g/mol. The van der Waals surface area contributed by atoms with Crippen molar-refractivity contribution in [3.8, 4) is 11.5 Å². The van der Waals surface area contributed by atoms with Crippen molar-refractivity contribution in [2.24, 2.45) is 0 Å². The Hall–Kier alpha value is -2.87. The number of ether oxygens (including phenoxy) is 1. The van der Waals surface area contributed by atoms with Gasteiger partial charge in [-0.05, 0) is 36.4 Å². The maximum absolute atomic E-state index is 14.4. The molecule has 0 bridgehead atoms. The van der Waals surface area contributed by atoms with E-state index in [0.29, 0.717) is 18.2 Å². The molecule has 14 heteroatoms. The lowest BCUT2D eigenvalue weighted by molar-refractivity contribution is -0.143. The van der Waals surface area contributed by atoms with Crippen LogP contribution < -0.4 is 9.46 Å². The number of nitrogens with one attached hydrogen (secondary N) is 1. The number of nitrogens with zero attached hydrogens (tertiary/aromatic N) is 1. The lowest BCUT2D eigenvalue weighted by Gasteiger charge is -2.16. The third-order valence-corrected chi connectivity index (χ3v) is 5.85. The van der Waals surface area contributed by atoms with Crippen molar-refractivity contribution in [3.05, 3.63) is 64.9 Å². The summed E-state index contributed by atoms with van der Waals surface area (Å²) in [4.78, 5) is 3.13. The van der Waals surface area contributed by atoms with Gasteiger partial charge in [-0.25, -0.2) is 17.8 Å². The van der Waals surface area contributed by atoms with Crippen LogP contribution in [0.15, 0.2) is 52.9 Å². The predicted octanol–water partition coefficient (Wildman–Crippen LogP) is 5.91. The fourth-order valence-electron chi connectivity index (χ4n) is 2.31. The molecule has 0 aliphatic heterocycles. The number of hydrogen-bond acceptors (Lipinski definition) is 5. The van der Waals surface area contributed by atoms with Gasteiger partial charge in [-0.2, -0.15) is 26.3 Å². The van der Waals surface area contributed by atoms with Crippen molar-refractivity contribution in [2.75, 3.05) is 4.72 Å². The van der Waals surface area contributed by atoms with Gasteiger partial charge in [0, 0.05) is 11.6 Å². The van der Waals surface area contributed by atoms with Crippen molar-refractivity contribution in [3.63, 3.8) is 0 Å². The summed E-state index contributed by atoms with van der Waals surface area (Å²) in [5.74, 6) is -3.26. The normalized spacial score (nSPS) is 12.6. The SMILES string of the molecule is O=S(=O)(Nc1nccs1)c1ccc(Oc2ccc(C(F)(F)F)cc2C(F)(F)F)c(F)c1. The van der Waals surface area contributed by atoms with Crippen molar-refractivity contribution in [1.29, 1.82) is 0 Å². The molecule has 0 spiro atoms. The summed E-state index contributed by atoms with van der Waals surface area (Å²) in [5, 5.41) is 1.48. The molecule has 0 fully saturated rings. The highest BCUT2D eigenvalue weighted by Crippen LogP contribution is 2.42. The van der Waals surface area contributed by atoms with Gasteiger partial charge in [0.25, 0.3) is 10.0 Å². The average molecular weight is 486 g/mol. The average Bonchev–Trinajstić information content (AvgIpc) is 3.14. The molecule has 3 rings (SSSR count). The Kier molecular flexibility index (Phi) is 5.88. The molecule has 2 aromatic carbocycles. The first-order valence-electron chi connectivity index (χ1n) is 7.95. The van der Waals surface area contributed by atoms with Crippen LogP contribution in [-0.4, -0.2) is 13.4 Å². The van der Waals surface area contributed by atoms with Crippen LogP contribution in [0.5, 0.6) is 11.5 Å². The Morgan fingerprint density at radius 2 is 1.61 bits per heavy atom. The number of anilines is 1. The van der Waals surface area contributed by atoms with E-state index in [0.717, 1.165) is 23.5 Å². The quantitative estimate of drug-likeness (QED) is 0.455. The molecule has 31 heavy (non-hydrogen) atoms. The van der Waals surface area contributed by atoms with E-state index in [-0.39, 0.29) is 11.2 Å². The highest BCUT2D eigenvalue weighted by molar-refractivity contribution is 7.93. The number of benzene rings is 2. The number of thiazole rings is 1. The second-order valence-corrected chi connectivity index (χ2v) is 8.42. The van der Waals surface area contributed by atoms with Gasteiger partial charge in [-0.3, -0.25) is 4.72 Å². The monoisotopic (exact) mass is 486 g/mol. The number of aromatic nitrogens is 1. The van der Waals surface area contributed by atoms with Crippen LogP contribution in [-0.2, 0) is 22.4 Å². The van der Waals surface area contributed by atoms with Gasteiger partial charge in [-0.1, -0.05) is 0 Å². The Morgan fingerprint density at radius 1 is 0.935 bits per heavy atom. The first-order valence-corrected chi connectivity index (χ1v) is 10.3. The molecule has 0 saturated carbocycles. The molecule has 1 aromatic heterocycles. The number of halogens is 7. The van der Waals surface area contributed by atoms with Crippen molar-refractivity contribution in [1.82, 2.24) is 4.98 Å². The second-order valence-electron chi connectivity index (χ2n) is 5.84. The van der Waals surface area contributed by atoms with E-state index in [9.17, 15) is 39.2 Å². The third-order valence-electron chi connectivity index (χ3n) is 3.70. The van der Waals surface area contributed by atoms with Gasteiger partial charge in [0.05, 0.1) is 16.0 Å². The first-order chi connectivity index (χ1) is 14.3. The molecule has 3 aromatic rings. The van der Waals surface area contributed by atoms with Crippen LogP contribution in [0.4, 0.5) is 35.9 Å². The standard InChI is InChI=1S/C17H9F7N2O3S2/c18-12-8-10(31(27,28)26-15-25-5-6-30-15)2-4-14(12)29-13-3-1-9(16(19,20)21)7-11(13)17(22,23)24/h1-8H,(H,25,26). The van der Waals surface area contributed by atoms with Crippen LogP contribution in [0.2, 0.25) is 0 Å². The molecular formula is C17H9F7N2O3S2. The van der Waals surface area contributed by atoms with Crippen molar-refractivity contribution >= 4 is 26.5 Å². The number of sulfonamides is 1. The van der Waals surface area contributed by atoms with Gasteiger partial charge < -0.3 is 4.74 Å². The van der Waals surface area contributed by atoms with E-state index in [4.69, 9.17) is 4.74 Å². The van der Waals surface area contributed by atoms with E-state index in [1.165, 1.54) is 11.6 Å². The summed E-state index contributed by atoms with van der Waals surface area (Å²) in [6, 6.07) is 2.67. The van der Waals surface area contributed by atoms with Crippen LogP contribution in [0, 0.1) is 5.82 Å². The molecule has 0 unspecified atom stereocenters. The van der Waals surface area contributed by atoms with Crippen molar-refractivity contribution < 1.29 is 43.9 Å². The number of hydrogen-bond donors (Lipinski definition) is 1. The molecule has 0 saturated heterocycles. The molecule has 5 nitrogen and oxygen atoms in total. The highest BCUT2D eigenvalue weighted by atomic mass is 32.2. The summed E-state index contributed by atoms with van der Waals surface area (Å²) < 4.78 is 123. The minimum absolute atomic E-state index is 0.000285. The Labute approximate surface area is 174 Å². The maximum Gasteiger partial charge on any atom is 0.420 e. The fourth-order valence-corrected chi connectivity index (χ4v) is 4.11. The minimum Gasteiger partial charge on any atom is -0.454 e. The number of alkyl halides is 6.